The summed E-state index contributed by atoms with van der Waals surface area (Å²) in [6.45, 7) is 6.13. The van der Waals surface area contributed by atoms with Gasteiger partial charge in [0.05, 0.1) is 12.2 Å². The normalized spacial score (nSPS) is 53.0. The van der Waals surface area contributed by atoms with Crippen molar-refractivity contribution in [2.45, 2.75) is 76.6 Å². The van der Waals surface area contributed by atoms with Gasteiger partial charge < -0.3 is 14.2 Å². The Balaban J connectivity index is 1.47. The van der Waals surface area contributed by atoms with Crippen molar-refractivity contribution in [3.05, 3.63) is 11.6 Å². The molecule has 4 fully saturated rings. The van der Waals surface area contributed by atoms with Crippen molar-refractivity contribution in [1.29, 1.82) is 0 Å². The van der Waals surface area contributed by atoms with Crippen molar-refractivity contribution in [1.82, 2.24) is 0 Å². The molecule has 3 saturated carbocycles. The highest BCUT2D eigenvalue weighted by molar-refractivity contribution is 5.28. The Morgan fingerprint density at radius 3 is 2.40 bits per heavy atom. The van der Waals surface area contributed by atoms with Gasteiger partial charge in [0.2, 0.25) is 0 Å². The van der Waals surface area contributed by atoms with E-state index in [4.69, 9.17) is 14.2 Å². The fourth-order valence-corrected chi connectivity index (χ4v) is 7.69. The average Bonchev–Trinajstić information content (AvgIpc) is 3.35. The molecule has 25 heavy (non-hydrogen) atoms. The highest BCUT2D eigenvalue weighted by Crippen LogP contribution is 2.70. The Bertz CT molecular complexity index is 602. The zero-order valence-electron chi connectivity index (χ0n) is 16.4. The molecule has 1 spiro atoms. The molecule has 140 valence electrons. The fraction of sp³-hybridized carbons (Fsp3) is 0.909. The highest BCUT2D eigenvalue weighted by atomic mass is 16.7. The van der Waals surface area contributed by atoms with Crippen LogP contribution >= 0.6 is 0 Å². The summed E-state index contributed by atoms with van der Waals surface area (Å²) in [7, 11) is 3.61. The van der Waals surface area contributed by atoms with E-state index < -0.39 is 0 Å². The predicted octanol–water partition coefficient (Wildman–Crippen LogP) is 4.71. The molecule has 4 aliphatic carbocycles. The zero-order valence-corrected chi connectivity index (χ0v) is 16.4. The topological polar surface area (TPSA) is 31.0 Å². The van der Waals surface area contributed by atoms with E-state index in [2.05, 4.69) is 19.9 Å². The largest absolute Gasteiger partial charge is 0.369 e. The van der Waals surface area contributed by atoms with E-state index in [0.717, 1.165) is 37.2 Å². The molecule has 0 N–H and O–H groups in total. The van der Waals surface area contributed by atoms with Crippen LogP contribution in [0.5, 0.6) is 0 Å². The molecule has 6 atom stereocenters. The van der Waals surface area contributed by atoms with Crippen LogP contribution in [0.25, 0.3) is 0 Å². The molecule has 0 bridgehead atoms. The lowest BCUT2D eigenvalue weighted by atomic mass is 9.47. The summed E-state index contributed by atoms with van der Waals surface area (Å²) >= 11 is 0. The monoisotopic (exact) mass is 346 g/mol. The first kappa shape index (κ1) is 16.8. The van der Waals surface area contributed by atoms with Gasteiger partial charge in [-0.3, -0.25) is 0 Å². The number of methoxy groups -OCH3 is 2. The summed E-state index contributed by atoms with van der Waals surface area (Å²) in [5.74, 6) is 2.17. The van der Waals surface area contributed by atoms with Gasteiger partial charge in [0.15, 0.2) is 5.79 Å². The molecule has 1 heterocycles. The van der Waals surface area contributed by atoms with Crippen LogP contribution in [0.4, 0.5) is 0 Å². The number of fused-ring (bicyclic) bond motifs is 6. The minimum Gasteiger partial charge on any atom is -0.369 e. The maximum absolute atomic E-state index is 6.05. The maximum atomic E-state index is 6.05. The van der Waals surface area contributed by atoms with Crippen LogP contribution in [0, 0.1) is 28.6 Å². The van der Waals surface area contributed by atoms with Crippen LogP contribution < -0.4 is 0 Å². The minimum atomic E-state index is -0.388. The van der Waals surface area contributed by atoms with Gasteiger partial charge in [0, 0.05) is 32.5 Å². The van der Waals surface area contributed by atoms with Crippen molar-refractivity contribution in [3.63, 3.8) is 0 Å². The second kappa shape index (κ2) is 5.11. The summed E-state index contributed by atoms with van der Waals surface area (Å²) in [6.07, 6.45) is 12.4. The molecule has 5 aliphatic rings. The van der Waals surface area contributed by atoms with Crippen molar-refractivity contribution < 1.29 is 14.2 Å². The molecule has 0 aromatic carbocycles. The molecular weight excluding hydrogens is 312 g/mol. The summed E-state index contributed by atoms with van der Waals surface area (Å²) in [4.78, 5) is 0. The highest BCUT2D eigenvalue weighted by Gasteiger charge is 2.69. The number of rotatable bonds is 2. The van der Waals surface area contributed by atoms with E-state index in [1.54, 1.807) is 19.8 Å². The molecule has 0 amide bonds. The molecule has 5 rings (SSSR count). The number of epoxide rings is 1. The molecule has 0 aromatic heterocycles. The van der Waals surface area contributed by atoms with Crippen LogP contribution in [0.1, 0.15) is 65.2 Å². The molecule has 0 radical (unpaired) electrons. The van der Waals surface area contributed by atoms with E-state index in [1.807, 2.05) is 0 Å². The fourth-order valence-electron chi connectivity index (χ4n) is 7.69. The van der Waals surface area contributed by atoms with Gasteiger partial charge in [-0.1, -0.05) is 25.5 Å². The van der Waals surface area contributed by atoms with Crippen LogP contribution in [0.3, 0.4) is 0 Å². The first-order valence-corrected chi connectivity index (χ1v) is 10.4. The quantitative estimate of drug-likeness (QED) is 0.412. The second-order valence-electron chi connectivity index (χ2n) is 10.0. The van der Waals surface area contributed by atoms with E-state index in [0.29, 0.717) is 10.8 Å². The Kier molecular flexibility index (Phi) is 3.43. The lowest BCUT2D eigenvalue weighted by Gasteiger charge is -2.59. The van der Waals surface area contributed by atoms with E-state index in [-0.39, 0.29) is 11.4 Å². The molecule has 1 aliphatic heterocycles. The predicted molar refractivity (Wildman–Crippen MR) is 97.1 cm³/mol. The lowest BCUT2D eigenvalue weighted by Crippen LogP contribution is -2.53. The van der Waals surface area contributed by atoms with E-state index in [9.17, 15) is 0 Å². The lowest BCUT2D eigenvalue weighted by molar-refractivity contribution is -0.227. The third-order valence-electron chi connectivity index (χ3n) is 9.64. The average molecular weight is 347 g/mol. The Labute approximate surface area is 152 Å². The third-order valence-corrected chi connectivity index (χ3v) is 9.64. The SMILES string of the molecule is COC1(OC)CC[C@@]2(C)C(=CC[C@H]3[C@@H]2CC[C@@]2(C)[C@H]3CC[C@@]23CO3)C1. The van der Waals surface area contributed by atoms with Gasteiger partial charge in [0.25, 0.3) is 0 Å². The summed E-state index contributed by atoms with van der Waals surface area (Å²) in [5, 5.41) is 0. The molecule has 1 saturated heterocycles. The van der Waals surface area contributed by atoms with Gasteiger partial charge in [-0.05, 0) is 61.7 Å². The summed E-state index contributed by atoms with van der Waals surface area (Å²) in [5.41, 5.74) is 2.67. The number of ether oxygens (including phenoxy) is 3. The van der Waals surface area contributed by atoms with Crippen LogP contribution in [-0.4, -0.2) is 32.2 Å². The van der Waals surface area contributed by atoms with Crippen molar-refractivity contribution in [3.8, 4) is 0 Å². The minimum absolute atomic E-state index is 0.265. The maximum Gasteiger partial charge on any atom is 0.171 e. The first-order valence-electron chi connectivity index (χ1n) is 10.4. The van der Waals surface area contributed by atoms with Gasteiger partial charge in [-0.15, -0.1) is 0 Å². The smallest absolute Gasteiger partial charge is 0.171 e. The van der Waals surface area contributed by atoms with Gasteiger partial charge in [0.1, 0.15) is 0 Å². The van der Waals surface area contributed by atoms with Crippen molar-refractivity contribution >= 4 is 0 Å². The summed E-state index contributed by atoms with van der Waals surface area (Å²) < 4.78 is 17.6. The van der Waals surface area contributed by atoms with E-state index in [1.165, 1.54) is 38.5 Å². The number of hydrogen-bond donors (Lipinski definition) is 0. The Hall–Kier alpha value is -0.380. The Morgan fingerprint density at radius 1 is 1.00 bits per heavy atom. The second-order valence-corrected chi connectivity index (χ2v) is 10.0. The molecular formula is C22H34O3. The standard InChI is InChI=1S/C22H34O3/c1-19-11-12-22(23-3,24-4)13-15(19)5-6-16-17(19)7-9-20(2)18(16)8-10-21(20)14-25-21/h5,16-18H,6-14H2,1-4H3/t16-,17-,18-,19-,20-,21+/m0/s1. The van der Waals surface area contributed by atoms with Crippen molar-refractivity contribution in [2.75, 3.05) is 20.8 Å². The molecule has 0 unspecified atom stereocenters. The number of allylic oxidation sites excluding steroid dienone is 1. The Morgan fingerprint density at radius 2 is 1.72 bits per heavy atom. The van der Waals surface area contributed by atoms with Crippen LogP contribution in [-0.2, 0) is 14.2 Å². The van der Waals surface area contributed by atoms with Gasteiger partial charge in [-0.25, -0.2) is 0 Å². The number of hydrogen-bond acceptors (Lipinski definition) is 3. The van der Waals surface area contributed by atoms with E-state index >= 15 is 0 Å². The van der Waals surface area contributed by atoms with Crippen LogP contribution in [0.2, 0.25) is 0 Å². The van der Waals surface area contributed by atoms with Gasteiger partial charge in [-0.2, -0.15) is 0 Å². The molecule has 0 aromatic rings. The third kappa shape index (κ3) is 1.98. The zero-order chi connectivity index (χ0) is 17.5. The summed E-state index contributed by atoms with van der Waals surface area (Å²) in [6, 6.07) is 0. The first-order chi connectivity index (χ1) is 11.9. The molecule has 3 nitrogen and oxygen atoms in total. The van der Waals surface area contributed by atoms with Crippen LogP contribution in [0.15, 0.2) is 11.6 Å². The molecule has 3 heteroatoms. The van der Waals surface area contributed by atoms with Gasteiger partial charge >= 0.3 is 0 Å². The van der Waals surface area contributed by atoms with Crippen molar-refractivity contribution in [2.24, 2.45) is 28.6 Å².